The van der Waals surface area contributed by atoms with Crippen molar-refractivity contribution in [2.75, 3.05) is 55.7 Å². The molecule has 3 N–H and O–H groups in total. The van der Waals surface area contributed by atoms with Crippen molar-refractivity contribution in [1.29, 1.82) is 0 Å². The first-order valence-electron chi connectivity index (χ1n) is 27.3. The highest BCUT2D eigenvalue weighted by atomic mass is 16.5. The molecule has 22 heteroatoms. The van der Waals surface area contributed by atoms with Crippen LogP contribution < -0.4 is 10.6 Å². The van der Waals surface area contributed by atoms with E-state index >= 15 is 0 Å². The van der Waals surface area contributed by atoms with Crippen LogP contribution >= 0.6 is 0 Å². The molecule has 436 valence electrons. The van der Waals surface area contributed by atoms with E-state index in [9.17, 15) is 38.7 Å². The van der Waals surface area contributed by atoms with Gasteiger partial charge in [-0.25, -0.2) is 0 Å². The summed E-state index contributed by atoms with van der Waals surface area (Å²) in [5, 5.41) is 24.1. The number of rotatable bonds is 25. The number of methoxy groups -OCH3 is 6. The summed E-state index contributed by atoms with van der Waals surface area (Å²) in [6.45, 7) is 15.8. The van der Waals surface area contributed by atoms with Crippen LogP contribution in [0.2, 0.25) is 0 Å². The molecule has 0 aromatic carbocycles. The van der Waals surface area contributed by atoms with E-state index in [2.05, 4.69) is 20.7 Å². The van der Waals surface area contributed by atoms with Gasteiger partial charge in [-0.15, -0.1) is 0 Å². The molecule has 0 radical (unpaired) electrons. The molecule has 5 heterocycles. The lowest BCUT2D eigenvalue weighted by Crippen LogP contribution is -2.55. The Bertz CT molecular complexity index is 2650. The molecular formula is C57H84N8O14. The van der Waals surface area contributed by atoms with Crippen LogP contribution in [0.3, 0.4) is 0 Å². The number of esters is 6. The summed E-state index contributed by atoms with van der Waals surface area (Å²) in [4.78, 5) is 115. The maximum Gasteiger partial charge on any atom is 0.306 e. The molecule has 0 spiro atoms. The number of azide groups is 1. The van der Waals surface area contributed by atoms with Crippen LogP contribution in [0, 0.1) is 39.4 Å². The Kier molecular flexibility index (Phi) is 20.7. The molecule has 1 saturated heterocycles. The number of hydrogen-bond donors (Lipinski definition) is 3. The van der Waals surface area contributed by atoms with Gasteiger partial charge in [-0.05, 0) is 82.0 Å². The highest BCUT2D eigenvalue weighted by Crippen LogP contribution is 2.63. The Morgan fingerprint density at radius 3 is 1.86 bits per heavy atom. The van der Waals surface area contributed by atoms with E-state index in [0.717, 1.165) is 12.8 Å². The largest absolute Gasteiger partial charge is 0.469 e. The second-order valence-corrected chi connectivity index (χ2v) is 23.0. The van der Waals surface area contributed by atoms with Gasteiger partial charge in [0.2, 0.25) is 5.91 Å². The van der Waals surface area contributed by atoms with E-state index in [1.165, 1.54) is 42.7 Å². The van der Waals surface area contributed by atoms with Gasteiger partial charge in [-0.2, -0.15) is 0 Å². The summed E-state index contributed by atoms with van der Waals surface area (Å²) in [5.74, 6) is -5.68. The Hall–Kier alpha value is -6.41. The monoisotopic (exact) mass is 1100 g/mol. The third kappa shape index (κ3) is 12.5. The van der Waals surface area contributed by atoms with E-state index < -0.39 is 98.3 Å². The quantitative estimate of drug-likeness (QED) is 0.0199. The number of amides is 1. The Morgan fingerprint density at radius 2 is 1.28 bits per heavy atom. The van der Waals surface area contributed by atoms with Gasteiger partial charge in [0.1, 0.15) is 5.60 Å². The van der Waals surface area contributed by atoms with Crippen LogP contribution in [0.15, 0.2) is 54.4 Å². The summed E-state index contributed by atoms with van der Waals surface area (Å²) in [6, 6.07) is -0.958. The fourth-order valence-electron chi connectivity index (χ4n) is 13.2. The standard InChI is InChI=1S/C57H84N8O14/c1-33-47-35(19-21-41(67)74-9)52(3,4)38(61-47)30-39-57(73,26-24-44(70)77-12)55(7,31-40(66)59-27-17-15-16-18-28-60-65-58)50(62-39)34(2)48-36(20-22-42(68)75-10)54(6,32-46(72)79-14)56(8,64-48)51-37(29-45(71)78-13)53(5,49(33)63-51)25-23-43(69)76-11/h30,35-37,51,62,73H,15-29,31-32H2,1-14H3,(H,59,66)/b39-30?,47-33?,50-34-/t35-,36-,37+,51?,53-,54+,55-,56+,57+/m1/s1. The van der Waals surface area contributed by atoms with E-state index in [1.54, 1.807) is 13.0 Å². The van der Waals surface area contributed by atoms with Crippen molar-refractivity contribution < 1.29 is 67.1 Å². The number of fused-ring (bicyclic) bond motifs is 6. The van der Waals surface area contributed by atoms with Crippen LogP contribution in [-0.4, -0.2) is 137 Å². The third-order valence-electron chi connectivity index (χ3n) is 18.4. The summed E-state index contributed by atoms with van der Waals surface area (Å²) >= 11 is 0. The van der Waals surface area contributed by atoms with Crippen molar-refractivity contribution in [2.45, 2.75) is 169 Å². The molecule has 5 aliphatic heterocycles. The fraction of sp³-hybridized carbons (Fsp3) is 0.719. The average molecular weight is 1110 g/mol. The number of hydrogen-bond acceptors (Lipinski definition) is 19. The average Bonchev–Trinajstić information content (AvgIpc) is 3.84. The Balaban J connectivity index is 1.98. The number of aliphatic hydroxyl groups is 1. The molecule has 1 fully saturated rings. The molecule has 5 aliphatic rings. The van der Waals surface area contributed by atoms with E-state index in [-0.39, 0.29) is 76.3 Å². The minimum atomic E-state index is -2.03. The van der Waals surface area contributed by atoms with Crippen LogP contribution in [0.5, 0.6) is 0 Å². The minimum absolute atomic E-state index is 0.00512. The highest BCUT2D eigenvalue weighted by molar-refractivity contribution is 6.10. The molecule has 0 aromatic rings. The number of aliphatic imine (C=N–C) groups is 3. The topological polar surface area (TPSA) is 305 Å². The molecule has 5 rings (SSSR count). The van der Waals surface area contributed by atoms with Crippen molar-refractivity contribution in [3.8, 4) is 0 Å². The lowest BCUT2D eigenvalue weighted by Gasteiger charge is -2.48. The van der Waals surface area contributed by atoms with Gasteiger partial charge in [0.05, 0.1) is 72.5 Å². The van der Waals surface area contributed by atoms with Gasteiger partial charge in [-0.3, -0.25) is 48.5 Å². The third-order valence-corrected chi connectivity index (χ3v) is 18.4. The normalized spacial score (nSPS) is 30.2. The van der Waals surface area contributed by atoms with E-state index in [0.29, 0.717) is 65.6 Å². The number of unbranched alkanes of at least 4 members (excludes halogenated alkanes) is 3. The van der Waals surface area contributed by atoms with Crippen LogP contribution in [0.1, 0.15) is 152 Å². The van der Waals surface area contributed by atoms with Crippen LogP contribution in [0.25, 0.3) is 10.4 Å². The maximum atomic E-state index is 14.6. The van der Waals surface area contributed by atoms with E-state index in [4.69, 9.17) is 48.9 Å². The predicted molar refractivity (Wildman–Crippen MR) is 293 cm³/mol. The van der Waals surface area contributed by atoms with Crippen molar-refractivity contribution in [3.63, 3.8) is 0 Å². The van der Waals surface area contributed by atoms with Crippen LogP contribution in [0.4, 0.5) is 0 Å². The predicted octanol–water partition coefficient (Wildman–Crippen LogP) is 7.47. The lowest BCUT2D eigenvalue weighted by molar-refractivity contribution is -0.147. The molecule has 8 bridgehead atoms. The highest BCUT2D eigenvalue weighted by Gasteiger charge is 2.67. The van der Waals surface area contributed by atoms with Crippen molar-refractivity contribution in [3.05, 3.63) is 44.8 Å². The van der Waals surface area contributed by atoms with Gasteiger partial charge in [-0.1, -0.05) is 52.6 Å². The fourth-order valence-corrected chi connectivity index (χ4v) is 13.2. The Morgan fingerprint density at radius 1 is 0.722 bits per heavy atom. The first-order valence-corrected chi connectivity index (χ1v) is 27.3. The van der Waals surface area contributed by atoms with E-state index in [1.807, 2.05) is 48.5 Å². The molecule has 1 amide bonds. The molecule has 0 saturated carbocycles. The molecule has 79 heavy (non-hydrogen) atoms. The first kappa shape index (κ1) is 63.4. The summed E-state index contributed by atoms with van der Waals surface area (Å²) < 4.78 is 31.5. The number of nitrogens with zero attached hydrogens (tertiary/aromatic N) is 6. The zero-order chi connectivity index (χ0) is 58.9. The van der Waals surface area contributed by atoms with Gasteiger partial charge in [0.15, 0.2) is 0 Å². The van der Waals surface area contributed by atoms with Gasteiger partial charge < -0.3 is 44.2 Å². The molecule has 0 aliphatic carbocycles. The van der Waals surface area contributed by atoms with Gasteiger partial charge in [0.25, 0.3) is 0 Å². The Labute approximate surface area is 464 Å². The summed E-state index contributed by atoms with van der Waals surface area (Å²) in [7, 11) is 7.72. The number of carbonyl (C=O) groups excluding carboxylic acids is 7. The zero-order valence-electron chi connectivity index (χ0n) is 48.8. The maximum absolute atomic E-state index is 14.6. The SMILES string of the molecule is COC(=O)CC[C@@H]1C2=C(C)C3=NC([C@H](CC(=O)OC)[C@@]3(C)CCC(=O)OC)[C@]3(C)N=C(/C(C)=C4\NC(=CC(=N2)C1(C)C)[C@@](O)(CCC(=O)OC)[C@]4(C)CC(=O)NCCCCCCN=[N+]=[N-])[C@@H](CCC(=O)OC)[C@]3(C)CC(=O)OC. The van der Waals surface area contributed by atoms with Crippen molar-refractivity contribution in [1.82, 2.24) is 10.6 Å². The van der Waals surface area contributed by atoms with Crippen molar-refractivity contribution >= 4 is 58.9 Å². The molecule has 1 unspecified atom stereocenters. The summed E-state index contributed by atoms with van der Waals surface area (Å²) in [6.07, 6.45) is 3.64. The van der Waals surface area contributed by atoms with Gasteiger partial charge >= 0.3 is 35.8 Å². The number of ether oxygens (including phenoxy) is 6. The molecule has 22 nitrogen and oxygen atoms in total. The second kappa shape index (κ2) is 25.8. The number of allylic oxidation sites excluding steroid dienone is 4. The zero-order valence-corrected chi connectivity index (χ0v) is 48.8. The van der Waals surface area contributed by atoms with Gasteiger partial charge in [0, 0.05) is 118 Å². The van der Waals surface area contributed by atoms with Crippen molar-refractivity contribution in [2.24, 2.45) is 59.5 Å². The second-order valence-electron chi connectivity index (χ2n) is 23.0. The minimum Gasteiger partial charge on any atom is -0.469 e. The summed E-state index contributed by atoms with van der Waals surface area (Å²) in [5.41, 5.74) is 3.94. The van der Waals surface area contributed by atoms with Crippen LogP contribution in [-0.2, 0) is 62.0 Å². The lowest BCUT2D eigenvalue weighted by atomic mass is 9.55. The smallest absolute Gasteiger partial charge is 0.306 e. The first-order chi connectivity index (χ1) is 37.2. The number of nitrogens with one attached hydrogen (secondary N) is 2. The molecule has 0 aromatic heterocycles. The number of carbonyl (C=O) groups is 7. The molecular weight excluding hydrogens is 1020 g/mol. The molecule has 9 atom stereocenters.